The van der Waals surface area contributed by atoms with Crippen LogP contribution in [0.1, 0.15) is 34.5 Å². The van der Waals surface area contributed by atoms with Crippen molar-refractivity contribution < 1.29 is 24.2 Å². The van der Waals surface area contributed by atoms with E-state index in [-0.39, 0.29) is 17.4 Å². The van der Waals surface area contributed by atoms with Gasteiger partial charge in [0, 0.05) is 0 Å². The number of carboxylic acid groups (broad SMARTS) is 1. The van der Waals surface area contributed by atoms with E-state index in [0.717, 1.165) is 5.56 Å². The lowest BCUT2D eigenvalue weighted by molar-refractivity contribution is -0.139. The Morgan fingerprint density at radius 3 is 2.44 bits per heavy atom. The number of amides is 2. The van der Waals surface area contributed by atoms with Crippen LogP contribution in [0.4, 0.5) is 0 Å². The third kappa shape index (κ3) is 5.40. The van der Waals surface area contributed by atoms with Gasteiger partial charge < -0.3 is 15.2 Å². The van der Waals surface area contributed by atoms with Crippen molar-refractivity contribution in [1.29, 1.82) is 0 Å². The standard InChI is InChI=1S/C19H19N3O5/c1-12(14-6-4-3-5-7-14)21-17(23)18(24)22-20-11-13-8-9-16(27-2)15(10-13)19(25)26/h3-12H,1-2H3,(H,21,23)(H,22,24)(H,25,26)/b20-11-/t12-/m1/s1. The van der Waals surface area contributed by atoms with E-state index in [2.05, 4.69) is 15.8 Å². The van der Waals surface area contributed by atoms with E-state index < -0.39 is 17.8 Å². The summed E-state index contributed by atoms with van der Waals surface area (Å²) in [6, 6.07) is 13.2. The van der Waals surface area contributed by atoms with Gasteiger partial charge in [0.15, 0.2) is 0 Å². The van der Waals surface area contributed by atoms with E-state index >= 15 is 0 Å². The maximum atomic E-state index is 11.9. The summed E-state index contributed by atoms with van der Waals surface area (Å²) in [5, 5.41) is 15.4. The molecule has 1 atom stereocenters. The molecule has 2 rings (SSSR count). The maximum absolute atomic E-state index is 11.9. The molecular formula is C19H19N3O5. The van der Waals surface area contributed by atoms with Crippen molar-refractivity contribution in [3.05, 3.63) is 65.2 Å². The summed E-state index contributed by atoms with van der Waals surface area (Å²) in [5.74, 6) is -2.70. The van der Waals surface area contributed by atoms with E-state index in [1.54, 1.807) is 13.0 Å². The van der Waals surface area contributed by atoms with Gasteiger partial charge in [-0.1, -0.05) is 30.3 Å². The molecule has 140 valence electrons. The SMILES string of the molecule is COc1ccc(/C=N\NC(=O)C(=O)N[C@H](C)c2ccccc2)cc1C(=O)O. The Labute approximate surface area is 155 Å². The number of hydrogen-bond donors (Lipinski definition) is 3. The minimum Gasteiger partial charge on any atom is -0.496 e. The highest BCUT2D eigenvalue weighted by Crippen LogP contribution is 2.19. The third-order valence-corrected chi connectivity index (χ3v) is 3.69. The van der Waals surface area contributed by atoms with Gasteiger partial charge in [-0.2, -0.15) is 5.10 Å². The minimum atomic E-state index is -1.15. The van der Waals surface area contributed by atoms with E-state index in [9.17, 15) is 14.4 Å². The smallest absolute Gasteiger partial charge is 0.339 e. The predicted octanol–water partition coefficient (Wildman–Crippen LogP) is 1.72. The van der Waals surface area contributed by atoms with Gasteiger partial charge in [0.2, 0.25) is 0 Å². The van der Waals surface area contributed by atoms with E-state index in [0.29, 0.717) is 5.56 Å². The highest BCUT2D eigenvalue weighted by Gasteiger charge is 2.16. The van der Waals surface area contributed by atoms with Crippen molar-refractivity contribution >= 4 is 24.0 Å². The van der Waals surface area contributed by atoms with Crippen LogP contribution >= 0.6 is 0 Å². The molecule has 3 N–H and O–H groups in total. The number of benzene rings is 2. The van der Waals surface area contributed by atoms with Crippen LogP contribution in [0.2, 0.25) is 0 Å². The number of rotatable bonds is 6. The molecule has 0 heterocycles. The lowest BCUT2D eigenvalue weighted by atomic mass is 10.1. The third-order valence-electron chi connectivity index (χ3n) is 3.69. The quantitative estimate of drug-likeness (QED) is 0.407. The number of hydrogen-bond acceptors (Lipinski definition) is 5. The molecule has 0 radical (unpaired) electrons. The lowest BCUT2D eigenvalue weighted by Gasteiger charge is -2.13. The van der Waals surface area contributed by atoms with Crippen molar-refractivity contribution in [3.63, 3.8) is 0 Å². The van der Waals surface area contributed by atoms with Gasteiger partial charge in [-0.3, -0.25) is 9.59 Å². The first-order chi connectivity index (χ1) is 12.9. The average molecular weight is 369 g/mol. The van der Waals surface area contributed by atoms with E-state index in [1.807, 2.05) is 30.3 Å². The Kier molecular flexibility index (Phi) is 6.65. The maximum Gasteiger partial charge on any atom is 0.339 e. The van der Waals surface area contributed by atoms with Crippen LogP contribution in [0.15, 0.2) is 53.6 Å². The highest BCUT2D eigenvalue weighted by molar-refractivity contribution is 6.35. The Hall–Kier alpha value is -3.68. The molecule has 0 aliphatic heterocycles. The molecule has 8 heteroatoms. The molecule has 2 aromatic rings. The van der Waals surface area contributed by atoms with Crippen LogP contribution in [0, 0.1) is 0 Å². The second kappa shape index (κ2) is 9.14. The number of methoxy groups -OCH3 is 1. The average Bonchev–Trinajstić information content (AvgIpc) is 2.68. The topological polar surface area (TPSA) is 117 Å². The Morgan fingerprint density at radius 2 is 1.81 bits per heavy atom. The monoisotopic (exact) mass is 369 g/mol. The first-order valence-electron chi connectivity index (χ1n) is 8.02. The molecule has 8 nitrogen and oxygen atoms in total. The van der Waals surface area contributed by atoms with Gasteiger partial charge in [-0.05, 0) is 36.2 Å². The molecule has 0 aliphatic carbocycles. The number of carbonyl (C=O) groups excluding carboxylic acids is 2. The van der Waals surface area contributed by atoms with Crippen LogP contribution in [0.25, 0.3) is 0 Å². The van der Waals surface area contributed by atoms with Gasteiger partial charge in [0.05, 0.1) is 19.4 Å². The number of carbonyl (C=O) groups is 3. The zero-order chi connectivity index (χ0) is 19.8. The minimum absolute atomic E-state index is 0.0396. The molecule has 0 aromatic heterocycles. The van der Waals surface area contributed by atoms with Crippen LogP contribution in [-0.4, -0.2) is 36.2 Å². The number of carboxylic acids is 1. The van der Waals surface area contributed by atoms with Crippen molar-refractivity contribution in [2.75, 3.05) is 7.11 Å². The van der Waals surface area contributed by atoms with Crippen molar-refractivity contribution in [3.8, 4) is 5.75 Å². The Bertz CT molecular complexity index is 865. The lowest BCUT2D eigenvalue weighted by Crippen LogP contribution is -2.39. The number of nitrogens with one attached hydrogen (secondary N) is 2. The summed E-state index contributed by atoms with van der Waals surface area (Å²) in [5.41, 5.74) is 3.35. The van der Waals surface area contributed by atoms with Gasteiger partial charge in [-0.15, -0.1) is 0 Å². The predicted molar refractivity (Wildman–Crippen MR) is 98.7 cm³/mol. The van der Waals surface area contributed by atoms with Crippen LogP contribution in [0.3, 0.4) is 0 Å². The molecule has 2 aromatic carbocycles. The number of nitrogens with zero attached hydrogens (tertiary/aromatic N) is 1. The summed E-state index contributed by atoms with van der Waals surface area (Å²) in [6.45, 7) is 1.76. The second-order valence-electron chi connectivity index (χ2n) is 5.57. The Morgan fingerprint density at radius 1 is 1.11 bits per heavy atom. The zero-order valence-electron chi connectivity index (χ0n) is 14.8. The van der Waals surface area contributed by atoms with E-state index in [1.165, 1.54) is 25.5 Å². The van der Waals surface area contributed by atoms with Crippen molar-refractivity contribution in [2.24, 2.45) is 5.10 Å². The number of aromatic carboxylic acids is 1. The van der Waals surface area contributed by atoms with Crippen LogP contribution < -0.4 is 15.5 Å². The fourth-order valence-electron chi connectivity index (χ4n) is 2.28. The van der Waals surface area contributed by atoms with Crippen LogP contribution in [0.5, 0.6) is 5.75 Å². The molecule has 0 saturated heterocycles. The molecule has 0 bridgehead atoms. The zero-order valence-corrected chi connectivity index (χ0v) is 14.8. The van der Waals surface area contributed by atoms with E-state index in [4.69, 9.17) is 9.84 Å². The molecule has 0 unspecified atom stereocenters. The van der Waals surface area contributed by atoms with Gasteiger partial charge in [-0.25, -0.2) is 10.2 Å². The summed E-state index contributed by atoms with van der Waals surface area (Å²) < 4.78 is 4.96. The molecule has 0 spiro atoms. The number of ether oxygens (including phenoxy) is 1. The van der Waals surface area contributed by atoms with Crippen LogP contribution in [-0.2, 0) is 9.59 Å². The van der Waals surface area contributed by atoms with Crippen molar-refractivity contribution in [2.45, 2.75) is 13.0 Å². The highest BCUT2D eigenvalue weighted by atomic mass is 16.5. The molecular weight excluding hydrogens is 350 g/mol. The summed E-state index contributed by atoms with van der Waals surface area (Å²) in [7, 11) is 1.37. The molecule has 27 heavy (non-hydrogen) atoms. The molecule has 0 aliphatic rings. The molecule has 2 amide bonds. The molecule has 0 fully saturated rings. The van der Waals surface area contributed by atoms with Gasteiger partial charge in [0.25, 0.3) is 0 Å². The fraction of sp³-hybridized carbons (Fsp3) is 0.158. The largest absolute Gasteiger partial charge is 0.496 e. The van der Waals surface area contributed by atoms with Crippen molar-refractivity contribution in [1.82, 2.24) is 10.7 Å². The summed E-state index contributed by atoms with van der Waals surface area (Å²) in [4.78, 5) is 34.9. The number of hydrazone groups is 1. The van der Waals surface area contributed by atoms with Gasteiger partial charge >= 0.3 is 17.8 Å². The summed E-state index contributed by atoms with van der Waals surface area (Å²) >= 11 is 0. The first kappa shape index (κ1) is 19.6. The molecule has 0 saturated carbocycles. The fourth-order valence-corrected chi connectivity index (χ4v) is 2.28. The Balaban J connectivity index is 1.95. The normalized spacial score (nSPS) is 11.6. The summed E-state index contributed by atoms with van der Waals surface area (Å²) in [6.07, 6.45) is 1.23. The first-order valence-corrected chi connectivity index (χ1v) is 8.02. The second-order valence-corrected chi connectivity index (χ2v) is 5.57. The van der Waals surface area contributed by atoms with Gasteiger partial charge in [0.1, 0.15) is 11.3 Å².